The highest BCUT2D eigenvalue weighted by Crippen LogP contribution is 2.32. The largest absolute Gasteiger partial charge is 0.479 e. The van der Waals surface area contributed by atoms with Crippen molar-refractivity contribution in [2.75, 3.05) is 0 Å². The van der Waals surface area contributed by atoms with Crippen molar-refractivity contribution in [3.8, 4) is 28.8 Å². The van der Waals surface area contributed by atoms with Gasteiger partial charge in [0.1, 0.15) is 0 Å². The fourth-order valence-corrected chi connectivity index (χ4v) is 4.00. The molecule has 1 aliphatic carbocycles. The summed E-state index contributed by atoms with van der Waals surface area (Å²) in [6.07, 6.45) is -0.546. The molecule has 0 unspecified atom stereocenters. The number of carbonyl (C=O) groups excluding carboxylic acids is 1. The Balaban J connectivity index is 1.59. The molecule has 1 saturated carbocycles. The summed E-state index contributed by atoms with van der Waals surface area (Å²) >= 11 is 6.32. The van der Waals surface area contributed by atoms with Crippen molar-refractivity contribution in [3.63, 3.8) is 0 Å². The summed E-state index contributed by atoms with van der Waals surface area (Å²) in [5, 5.41) is 13.3. The minimum atomic E-state index is -4.47. The fraction of sp³-hybridized carbons (Fsp3) is 0.304. The highest BCUT2D eigenvalue weighted by atomic mass is 35.5. The van der Waals surface area contributed by atoms with E-state index in [9.17, 15) is 23.1 Å². The van der Waals surface area contributed by atoms with E-state index < -0.39 is 17.8 Å². The standard InChI is InChI=1S/C23H20ClF3N4O2/c24-18-10-5-13(12-28-21(32)15-3-1-2-4-15)11-17(18)20-29-19(30-22(33)31-20)14-6-8-16(9-7-14)23(25,26)27/h5-11,15H,1-4,12H2,(H,28,32)(H,29,30,31,33). The van der Waals surface area contributed by atoms with Gasteiger partial charge in [0.15, 0.2) is 11.6 Å². The van der Waals surface area contributed by atoms with Gasteiger partial charge in [-0.05, 0) is 42.7 Å². The molecule has 0 radical (unpaired) electrons. The first-order valence-corrected chi connectivity index (χ1v) is 10.8. The molecule has 10 heteroatoms. The highest BCUT2D eigenvalue weighted by molar-refractivity contribution is 6.33. The summed E-state index contributed by atoms with van der Waals surface area (Å²) in [6, 6.07) is 8.77. The van der Waals surface area contributed by atoms with Gasteiger partial charge in [0.25, 0.3) is 0 Å². The molecule has 1 aromatic heterocycles. The Bertz CT molecular complexity index is 1160. The molecular weight excluding hydrogens is 457 g/mol. The Kier molecular flexibility index (Phi) is 6.51. The van der Waals surface area contributed by atoms with Gasteiger partial charge in [-0.15, -0.1) is 0 Å². The first-order chi connectivity index (χ1) is 15.7. The van der Waals surface area contributed by atoms with Gasteiger partial charge < -0.3 is 10.4 Å². The lowest BCUT2D eigenvalue weighted by Crippen LogP contribution is -2.28. The number of hydrogen-bond acceptors (Lipinski definition) is 5. The maximum Gasteiger partial charge on any atom is 0.416 e. The van der Waals surface area contributed by atoms with Crippen LogP contribution in [0.1, 0.15) is 36.8 Å². The molecule has 0 aliphatic heterocycles. The Morgan fingerprint density at radius 1 is 1.03 bits per heavy atom. The molecule has 1 amide bonds. The van der Waals surface area contributed by atoms with Crippen molar-refractivity contribution in [3.05, 3.63) is 58.6 Å². The fourth-order valence-electron chi connectivity index (χ4n) is 3.80. The van der Waals surface area contributed by atoms with Crippen LogP contribution in [0, 0.1) is 5.92 Å². The Morgan fingerprint density at radius 3 is 2.36 bits per heavy atom. The van der Waals surface area contributed by atoms with Crippen LogP contribution < -0.4 is 5.32 Å². The number of nitrogens with zero attached hydrogens (tertiary/aromatic N) is 3. The van der Waals surface area contributed by atoms with Crippen LogP contribution in [-0.4, -0.2) is 26.0 Å². The lowest BCUT2D eigenvalue weighted by atomic mass is 10.1. The maximum absolute atomic E-state index is 12.8. The molecule has 6 nitrogen and oxygen atoms in total. The number of nitrogens with one attached hydrogen (secondary N) is 1. The number of carbonyl (C=O) groups is 1. The summed E-state index contributed by atoms with van der Waals surface area (Å²) < 4.78 is 38.5. The van der Waals surface area contributed by atoms with Gasteiger partial charge >= 0.3 is 12.2 Å². The topological polar surface area (TPSA) is 88.0 Å². The Hall–Kier alpha value is -3.20. The van der Waals surface area contributed by atoms with Gasteiger partial charge in [0, 0.05) is 23.6 Å². The third-order valence-electron chi connectivity index (χ3n) is 5.56. The summed E-state index contributed by atoms with van der Waals surface area (Å²) in [7, 11) is 0. The second kappa shape index (κ2) is 9.35. The number of rotatable bonds is 5. The van der Waals surface area contributed by atoms with Crippen LogP contribution in [0.25, 0.3) is 22.8 Å². The van der Waals surface area contributed by atoms with Crippen molar-refractivity contribution in [1.29, 1.82) is 0 Å². The van der Waals surface area contributed by atoms with Gasteiger partial charge in [-0.2, -0.15) is 23.1 Å². The van der Waals surface area contributed by atoms with Crippen LogP contribution in [0.15, 0.2) is 42.5 Å². The Labute approximate surface area is 192 Å². The lowest BCUT2D eigenvalue weighted by Gasteiger charge is -2.12. The van der Waals surface area contributed by atoms with Gasteiger partial charge in [0.05, 0.1) is 10.6 Å². The summed E-state index contributed by atoms with van der Waals surface area (Å²) in [5.41, 5.74) is 0.630. The molecule has 2 N–H and O–H groups in total. The van der Waals surface area contributed by atoms with E-state index in [0.717, 1.165) is 43.4 Å². The first kappa shape index (κ1) is 23.0. The highest BCUT2D eigenvalue weighted by Gasteiger charge is 2.30. The van der Waals surface area contributed by atoms with Crippen molar-refractivity contribution in [1.82, 2.24) is 20.3 Å². The molecule has 2 aromatic carbocycles. The van der Waals surface area contributed by atoms with E-state index in [1.165, 1.54) is 12.1 Å². The van der Waals surface area contributed by atoms with Crippen LogP contribution >= 0.6 is 11.6 Å². The molecule has 0 spiro atoms. The minimum absolute atomic E-state index is 0.00207. The number of hydrogen-bond donors (Lipinski definition) is 2. The summed E-state index contributed by atoms with van der Waals surface area (Å²) in [6.45, 7) is 0.294. The number of amides is 1. The average Bonchev–Trinajstić information content (AvgIpc) is 3.32. The molecule has 1 fully saturated rings. The van der Waals surface area contributed by atoms with E-state index in [1.54, 1.807) is 18.2 Å². The number of aromatic hydroxyl groups is 1. The van der Waals surface area contributed by atoms with E-state index in [0.29, 0.717) is 17.1 Å². The maximum atomic E-state index is 12.8. The SMILES string of the molecule is O=C(NCc1ccc(Cl)c(-c2nc(O)nc(-c3ccc(C(F)(F)F)cc3)n2)c1)C1CCCC1. The van der Waals surface area contributed by atoms with Gasteiger partial charge in [-0.25, -0.2) is 4.98 Å². The third kappa shape index (κ3) is 5.42. The lowest BCUT2D eigenvalue weighted by molar-refractivity contribution is -0.137. The molecule has 33 heavy (non-hydrogen) atoms. The number of alkyl halides is 3. The van der Waals surface area contributed by atoms with Crippen molar-refractivity contribution in [2.45, 2.75) is 38.4 Å². The monoisotopic (exact) mass is 476 g/mol. The molecule has 0 saturated heterocycles. The molecule has 1 aliphatic rings. The van der Waals surface area contributed by atoms with Crippen LogP contribution in [0.4, 0.5) is 13.2 Å². The van der Waals surface area contributed by atoms with Crippen molar-refractivity contribution >= 4 is 17.5 Å². The quantitative estimate of drug-likeness (QED) is 0.515. The zero-order valence-electron chi connectivity index (χ0n) is 17.4. The zero-order valence-corrected chi connectivity index (χ0v) is 18.1. The number of benzene rings is 2. The van der Waals surface area contributed by atoms with Crippen molar-refractivity contribution in [2.24, 2.45) is 5.92 Å². The molecule has 172 valence electrons. The number of aromatic nitrogens is 3. The Morgan fingerprint density at radius 2 is 1.70 bits per heavy atom. The summed E-state index contributed by atoms with van der Waals surface area (Å²) in [4.78, 5) is 24.3. The predicted molar refractivity (Wildman–Crippen MR) is 116 cm³/mol. The second-order valence-electron chi connectivity index (χ2n) is 7.87. The van der Waals surface area contributed by atoms with E-state index in [-0.39, 0.29) is 29.0 Å². The average molecular weight is 477 g/mol. The predicted octanol–water partition coefficient (Wildman–Crippen LogP) is 5.39. The van der Waals surface area contributed by atoms with Crippen molar-refractivity contribution < 1.29 is 23.1 Å². The van der Waals surface area contributed by atoms with Gasteiger partial charge in [-0.3, -0.25) is 4.79 Å². The molecule has 0 bridgehead atoms. The minimum Gasteiger partial charge on any atom is -0.479 e. The molecule has 0 atom stereocenters. The van der Waals surface area contributed by atoms with Gasteiger partial charge in [-0.1, -0.05) is 42.6 Å². The van der Waals surface area contributed by atoms with Crippen LogP contribution in [0.3, 0.4) is 0 Å². The summed E-state index contributed by atoms with van der Waals surface area (Å²) in [5.74, 6) is 0.128. The number of halogens is 4. The second-order valence-corrected chi connectivity index (χ2v) is 8.28. The van der Waals surface area contributed by atoms with Crippen LogP contribution in [-0.2, 0) is 17.5 Å². The molecule has 3 aromatic rings. The first-order valence-electron chi connectivity index (χ1n) is 10.4. The van der Waals surface area contributed by atoms with E-state index in [4.69, 9.17) is 11.6 Å². The van der Waals surface area contributed by atoms with Gasteiger partial charge in [0.2, 0.25) is 5.91 Å². The van der Waals surface area contributed by atoms with Crippen LogP contribution in [0.2, 0.25) is 5.02 Å². The molecule has 4 rings (SSSR count). The smallest absolute Gasteiger partial charge is 0.416 e. The normalized spacial score (nSPS) is 14.4. The van der Waals surface area contributed by atoms with E-state index in [1.807, 2.05) is 0 Å². The van der Waals surface area contributed by atoms with Crippen LogP contribution in [0.5, 0.6) is 6.01 Å². The van der Waals surface area contributed by atoms with E-state index in [2.05, 4.69) is 20.3 Å². The molecule has 1 heterocycles. The zero-order chi connectivity index (χ0) is 23.6. The molecular formula is C23H20ClF3N4O2. The van der Waals surface area contributed by atoms with E-state index >= 15 is 0 Å². The third-order valence-corrected chi connectivity index (χ3v) is 5.89.